The van der Waals surface area contributed by atoms with Crippen molar-refractivity contribution in [2.75, 3.05) is 46.6 Å². The second-order valence-electron chi connectivity index (χ2n) is 2.65. The fourth-order valence-corrected chi connectivity index (χ4v) is 0.788. The van der Waals surface area contributed by atoms with Gasteiger partial charge in [0.15, 0.2) is 0 Å². The Kier molecular flexibility index (Phi) is 9.61. The van der Waals surface area contributed by atoms with E-state index >= 15 is 0 Å². The highest BCUT2D eigenvalue weighted by Crippen LogP contribution is 1.74. The lowest BCUT2D eigenvalue weighted by atomic mass is 10.5. The van der Waals surface area contributed by atoms with Gasteiger partial charge in [-0.15, -0.1) is 0 Å². The molecule has 4 N–H and O–H groups in total. The average Bonchev–Trinajstić information content (AvgIpc) is 2.15. The Bertz CT molecular complexity index is 144. The highest BCUT2D eigenvalue weighted by atomic mass is 16.5. The number of hydrogen-bond acceptors (Lipinski definition) is 4. The average molecular weight is 205 g/mol. The predicted molar refractivity (Wildman–Crippen MR) is 53.2 cm³/mol. The fraction of sp³-hybridized carbons (Fsp3) is 0.875. The summed E-state index contributed by atoms with van der Waals surface area (Å²) >= 11 is 0. The number of rotatable bonds is 9. The van der Waals surface area contributed by atoms with Gasteiger partial charge in [-0.05, 0) is 0 Å². The first-order valence-corrected chi connectivity index (χ1v) is 4.58. The van der Waals surface area contributed by atoms with Crippen molar-refractivity contribution in [2.24, 2.45) is 5.73 Å². The molecule has 0 saturated carbocycles. The quantitative estimate of drug-likeness (QED) is 0.417. The number of nitrogens with one attached hydrogen (secondary N) is 2. The molecule has 0 bridgehead atoms. The Labute approximate surface area is 84.1 Å². The topological polar surface area (TPSA) is 85.6 Å². The van der Waals surface area contributed by atoms with E-state index in [0.29, 0.717) is 32.9 Å². The van der Waals surface area contributed by atoms with Crippen LogP contribution in [0.25, 0.3) is 0 Å². The van der Waals surface area contributed by atoms with Crippen molar-refractivity contribution < 1.29 is 14.3 Å². The number of primary amides is 1. The van der Waals surface area contributed by atoms with Gasteiger partial charge in [0.1, 0.15) is 0 Å². The number of carbonyl (C=O) groups excluding carboxylic acids is 1. The van der Waals surface area contributed by atoms with Gasteiger partial charge in [0.05, 0.1) is 19.8 Å². The Morgan fingerprint density at radius 1 is 1.21 bits per heavy atom. The third kappa shape index (κ3) is 11.2. The van der Waals surface area contributed by atoms with Crippen molar-refractivity contribution in [3.63, 3.8) is 0 Å². The molecule has 0 saturated heterocycles. The summed E-state index contributed by atoms with van der Waals surface area (Å²) < 4.78 is 10.0. The van der Waals surface area contributed by atoms with Crippen molar-refractivity contribution >= 4 is 6.03 Å². The third-order valence-electron chi connectivity index (χ3n) is 1.46. The Balaban J connectivity index is 2.88. The molecular weight excluding hydrogens is 186 g/mol. The molecule has 0 aromatic heterocycles. The van der Waals surface area contributed by atoms with Crippen LogP contribution in [0, 0.1) is 0 Å². The van der Waals surface area contributed by atoms with Crippen LogP contribution in [0.5, 0.6) is 0 Å². The summed E-state index contributed by atoms with van der Waals surface area (Å²) in [4.78, 5) is 10.3. The highest BCUT2D eigenvalue weighted by molar-refractivity contribution is 5.71. The molecule has 0 radical (unpaired) electrons. The minimum Gasteiger partial charge on any atom is -0.382 e. The Morgan fingerprint density at radius 2 is 2.00 bits per heavy atom. The molecule has 0 aliphatic carbocycles. The molecule has 0 unspecified atom stereocenters. The minimum absolute atomic E-state index is 0.497. The maximum atomic E-state index is 10.3. The van der Waals surface area contributed by atoms with Gasteiger partial charge in [0.25, 0.3) is 0 Å². The van der Waals surface area contributed by atoms with E-state index in [1.54, 1.807) is 7.11 Å². The first-order chi connectivity index (χ1) is 6.77. The molecule has 0 aliphatic rings. The van der Waals surface area contributed by atoms with Gasteiger partial charge in [-0.2, -0.15) is 0 Å². The van der Waals surface area contributed by atoms with Gasteiger partial charge in [-0.1, -0.05) is 0 Å². The molecule has 6 heteroatoms. The lowest BCUT2D eigenvalue weighted by Crippen LogP contribution is -2.36. The highest BCUT2D eigenvalue weighted by Gasteiger charge is 1.91. The van der Waals surface area contributed by atoms with E-state index in [0.717, 1.165) is 6.54 Å². The van der Waals surface area contributed by atoms with E-state index in [9.17, 15) is 4.79 Å². The van der Waals surface area contributed by atoms with Crippen LogP contribution < -0.4 is 16.4 Å². The van der Waals surface area contributed by atoms with Gasteiger partial charge in [0, 0.05) is 26.7 Å². The molecular formula is C8H19N3O3. The zero-order valence-corrected chi connectivity index (χ0v) is 8.54. The van der Waals surface area contributed by atoms with E-state index in [4.69, 9.17) is 15.2 Å². The molecule has 0 aromatic carbocycles. The van der Waals surface area contributed by atoms with Crippen LogP contribution in [0.3, 0.4) is 0 Å². The zero-order valence-electron chi connectivity index (χ0n) is 8.54. The molecule has 0 fully saturated rings. The van der Waals surface area contributed by atoms with Gasteiger partial charge < -0.3 is 25.8 Å². The van der Waals surface area contributed by atoms with Gasteiger partial charge in [-0.3, -0.25) is 0 Å². The van der Waals surface area contributed by atoms with Crippen molar-refractivity contribution in [1.82, 2.24) is 10.6 Å². The van der Waals surface area contributed by atoms with Crippen molar-refractivity contribution in [3.05, 3.63) is 0 Å². The number of urea groups is 1. The van der Waals surface area contributed by atoms with Crippen molar-refractivity contribution in [2.45, 2.75) is 0 Å². The largest absolute Gasteiger partial charge is 0.382 e. The number of nitrogens with two attached hydrogens (primary N) is 1. The normalized spacial score (nSPS) is 10.1. The molecule has 0 atom stereocenters. The monoisotopic (exact) mass is 205 g/mol. The van der Waals surface area contributed by atoms with E-state index in [1.165, 1.54) is 0 Å². The SMILES string of the molecule is COCCOCCNCCNC(N)=O. The molecule has 84 valence electrons. The first-order valence-electron chi connectivity index (χ1n) is 4.58. The molecule has 0 spiro atoms. The molecule has 0 aliphatic heterocycles. The van der Waals surface area contributed by atoms with Crippen LogP contribution in [0.15, 0.2) is 0 Å². The Hall–Kier alpha value is -0.850. The summed E-state index contributed by atoms with van der Waals surface area (Å²) in [7, 11) is 1.64. The van der Waals surface area contributed by atoms with Crippen LogP contribution in [0.1, 0.15) is 0 Å². The summed E-state index contributed by atoms with van der Waals surface area (Å²) in [5.41, 5.74) is 4.87. The lowest BCUT2D eigenvalue weighted by molar-refractivity contribution is 0.0721. The van der Waals surface area contributed by atoms with Gasteiger partial charge in [0.2, 0.25) is 0 Å². The van der Waals surface area contributed by atoms with E-state index in [2.05, 4.69) is 10.6 Å². The molecule has 0 heterocycles. The molecule has 0 rings (SSSR count). The van der Waals surface area contributed by atoms with Gasteiger partial charge in [-0.25, -0.2) is 4.79 Å². The maximum Gasteiger partial charge on any atom is 0.312 e. The minimum atomic E-state index is -0.497. The van der Waals surface area contributed by atoms with E-state index in [1.807, 2.05) is 0 Å². The van der Waals surface area contributed by atoms with E-state index in [-0.39, 0.29) is 0 Å². The standard InChI is InChI=1S/C8H19N3O3/c1-13-6-7-14-5-4-10-2-3-11-8(9)12/h10H,2-7H2,1H3,(H3,9,11,12). The number of amides is 2. The fourth-order valence-electron chi connectivity index (χ4n) is 0.788. The molecule has 6 nitrogen and oxygen atoms in total. The van der Waals surface area contributed by atoms with Crippen LogP contribution in [0.4, 0.5) is 4.79 Å². The van der Waals surface area contributed by atoms with Crippen LogP contribution in [-0.2, 0) is 9.47 Å². The second kappa shape index (κ2) is 10.2. The first kappa shape index (κ1) is 13.2. The second-order valence-corrected chi connectivity index (χ2v) is 2.65. The number of hydrogen-bond donors (Lipinski definition) is 3. The summed E-state index contributed by atoms with van der Waals surface area (Å²) in [6, 6.07) is -0.497. The van der Waals surface area contributed by atoms with Crippen molar-refractivity contribution in [1.29, 1.82) is 0 Å². The number of ether oxygens (including phenoxy) is 2. The molecule has 2 amide bonds. The van der Waals surface area contributed by atoms with Crippen LogP contribution >= 0.6 is 0 Å². The summed E-state index contributed by atoms with van der Waals surface area (Å²) in [6.45, 7) is 3.84. The number of methoxy groups -OCH3 is 1. The summed E-state index contributed by atoms with van der Waals surface area (Å²) in [5, 5.41) is 5.55. The number of carbonyl (C=O) groups is 1. The molecule has 0 aromatic rings. The van der Waals surface area contributed by atoms with Crippen LogP contribution in [0.2, 0.25) is 0 Å². The Morgan fingerprint density at radius 3 is 2.64 bits per heavy atom. The van der Waals surface area contributed by atoms with E-state index < -0.39 is 6.03 Å². The third-order valence-corrected chi connectivity index (χ3v) is 1.46. The predicted octanol–water partition coefficient (Wildman–Crippen LogP) is -1.09. The lowest BCUT2D eigenvalue weighted by Gasteiger charge is -2.05. The van der Waals surface area contributed by atoms with Crippen LogP contribution in [-0.4, -0.2) is 52.6 Å². The summed E-state index contributed by atoms with van der Waals surface area (Å²) in [5.74, 6) is 0. The maximum absolute atomic E-state index is 10.3. The smallest absolute Gasteiger partial charge is 0.312 e. The van der Waals surface area contributed by atoms with Gasteiger partial charge >= 0.3 is 6.03 Å². The summed E-state index contributed by atoms with van der Waals surface area (Å²) in [6.07, 6.45) is 0. The molecule has 14 heavy (non-hydrogen) atoms. The zero-order chi connectivity index (χ0) is 10.6. The van der Waals surface area contributed by atoms with Crippen molar-refractivity contribution in [3.8, 4) is 0 Å².